The van der Waals surface area contributed by atoms with Crippen molar-refractivity contribution in [1.29, 1.82) is 0 Å². The normalized spacial score (nSPS) is 13.8. The summed E-state index contributed by atoms with van der Waals surface area (Å²) in [4.78, 5) is 0. The molecule has 1 aromatic rings. The Hall–Kier alpha value is -1.18. The van der Waals surface area contributed by atoms with Crippen LogP contribution in [0.1, 0.15) is 22.7 Å². The number of aryl methyl sites for hydroxylation is 2. The Morgan fingerprint density at radius 2 is 1.95 bits per heavy atom. The molecule has 0 amide bonds. The Balaban J connectivity index is 2.67. The fourth-order valence-electron chi connectivity index (χ4n) is 1.74. The van der Waals surface area contributed by atoms with Gasteiger partial charge in [0.2, 0.25) is 0 Å². The Morgan fingerprint density at radius 3 is 2.50 bits per heavy atom. The Labute approximate surface area is 115 Å². The minimum atomic E-state index is -4.15. The van der Waals surface area contributed by atoms with Crippen LogP contribution in [0.2, 0.25) is 0 Å². The van der Waals surface area contributed by atoms with Crippen LogP contribution in [0.15, 0.2) is 18.2 Å². The molecule has 0 saturated carbocycles. The second-order valence-corrected chi connectivity index (χ2v) is 4.66. The third-order valence-electron chi connectivity index (χ3n) is 2.91. The van der Waals surface area contributed by atoms with Crippen LogP contribution < -0.4 is 11.3 Å². The van der Waals surface area contributed by atoms with Crippen LogP contribution in [-0.2, 0) is 4.74 Å². The Morgan fingerprint density at radius 1 is 1.30 bits per heavy atom. The Bertz CT molecular complexity index is 440. The van der Waals surface area contributed by atoms with Gasteiger partial charge in [-0.2, -0.15) is 8.78 Å². The SMILES string of the molecule is Cc1ccc(C)c(C(COCC(F)(F)C(F)F)NN)c1. The van der Waals surface area contributed by atoms with Gasteiger partial charge in [-0.1, -0.05) is 23.8 Å². The van der Waals surface area contributed by atoms with Gasteiger partial charge in [-0.3, -0.25) is 11.3 Å². The predicted octanol–water partition coefficient (Wildman–Crippen LogP) is 2.72. The molecule has 0 fully saturated rings. The van der Waals surface area contributed by atoms with Crippen molar-refractivity contribution in [3.05, 3.63) is 34.9 Å². The minimum absolute atomic E-state index is 0.219. The van der Waals surface area contributed by atoms with E-state index >= 15 is 0 Å². The van der Waals surface area contributed by atoms with Gasteiger partial charge < -0.3 is 4.74 Å². The molecule has 0 aliphatic rings. The lowest BCUT2D eigenvalue weighted by atomic mass is 10.00. The fraction of sp³-hybridized carbons (Fsp3) is 0.538. The van der Waals surface area contributed by atoms with Gasteiger partial charge in [0.15, 0.2) is 0 Å². The van der Waals surface area contributed by atoms with Crippen molar-refractivity contribution in [2.75, 3.05) is 13.2 Å². The van der Waals surface area contributed by atoms with E-state index in [2.05, 4.69) is 10.2 Å². The number of hydrogen-bond acceptors (Lipinski definition) is 3. The molecule has 114 valence electrons. The molecule has 0 heterocycles. The zero-order valence-corrected chi connectivity index (χ0v) is 11.3. The lowest BCUT2D eigenvalue weighted by Gasteiger charge is -2.21. The summed E-state index contributed by atoms with van der Waals surface area (Å²) >= 11 is 0. The van der Waals surface area contributed by atoms with Crippen LogP contribution in [0.3, 0.4) is 0 Å². The minimum Gasteiger partial charge on any atom is -0.373 e. The summed E-state index contributed by atoms with van der Waals surface area (Å²) in [6, 6.07) is 5.07. The highest BCUT2D eigenvalue weighted by Gasteiger charge is 2.41. The monoisotopic (exact) mass is 294 g/mol. The number of benzene rings is 1. The summed E-state index contributed by atoms with van der Waals surface area (Å²) in [5, 5.41) is 0. The van der Waals surface area contributed by atoms with Gasteiger partial charge in [-0.15, -0.1) is 0 Å². The predicted molar refractivity (Wildman–Crippen MR) is 67.8 cm³/mol. The van der Waals surface area contributed by atoms with E-state index < -0.39 is 25.0 Å². The molecule has 0 aromatic heterocycles. The molecule has 1 rings (SSSR count). The van der Waals surface area contributed by atoms with Crippen molar-refractivity contribution in [1.82, 2.24) is 5.43 Å². The fourth-order valence-corrected chi connectivity index (χ4v) is 1.74. The number of hydrogen-bond donors (Lipinski definition) is 2. The van der Waals surface area contributed by atoms with Crippen LogP contribution in [0.5, 0.6) is 0 Å². The third-order valence-corrected chi connectivity index (χ3v) is 2.91. The van der Waals surface area contributed by atoms with Gasteiger partial charge in [-0.05, 0) is 25.0 Å². The van der Waals surface area contributed by atoms with Crippen LogP contribution in [0, 0.1) is 13.8 Å². The van der Waals surface area contributed by atoms with E-state index in [9.17, 15) is 17.6 Å². The van der Waals surface area contributed by atoms with Crippen molar-refractivity contribution >= 4 is 0 Å². The quantitative estimate of drug-likeness (QED) is 0.462. The van der Waals surface area contributed by atoms with Crippen molar-refractivity contribution in [2.24, 2.45) is 5.84 Å². The first-order valence-corrected chi connectivity index (χ1v) is 6.05. The third kappa shape index (κ3) is 4.43. The molecule has 1 unspecified atom stereocenters. The van der Waals surface area contributed by atoms with Crippen molar-refractivity contribution in [3.63, 3.8) is 0 Å². The molecule has 20 heavy (non-hydrogen) atoms. The molecule has 0 spiro atoms. The van der Waals surface area contributed by atoms with E-state index in [1.807, 2.05) is 32.0 Å². The van der Waals surface area contributed by atoms with Gasteiger partial charge in [0.1, 0.15) is 6.61 Å². The number of rotatable bonds is 7. The van der Waals surface area contributed by atoms with E-state index in [1.165, 1.54) is 0 Å². The molecule has 0 radical (unpaired) electrons. The average Bonchev–Trinajstić information content (AvgIpc) is 2.37. The molecule has 7 heteroatoms. The van der Waals surface area contributed by atoms with Crippen LogP contribution in [0.4, 0.5) is 17.6 Å². The van der Waals surface area contributed by atoms with E-state index in [1.54, 1.807) is 0 Å². The molecule has 1 atom stereocenters. The van der Waals surface area contributed by atoms with E-state index in [-0.39, 0.29) is 6.61 Å². The average molecular weight is 294 g/mol. The van der Waals surface area contributed by atoms with Crippen LogP contribution in [-0.4, -0.2) is 25.6 Å². The summed E-state index contributed by atoms with van der Waals surface area (Å²) in [5.74, 6) is 1.22. The van der Waals surface area contributed by atoms with Gasteiger partial charge in [0, 0.05) is 0 Å². The topological polar surface area (TPSA) is 47.3 Å². The molecule has 0 bridgehead atoms. The summed E-state index contributed by atoms with van der Waals surface area (Å²) in [5.41, 5.74) is 5.11. The Kier molecular flexibility index (Phi) is 5.91. The molecule has 0 aliphatic heterocycles. The van der Waals surface area contributed by atoms with Crippen molar-refractivity contribution in [2.45, 2.75) is 32.2 Å². The van der Waals surface area contributed by atoms with Crippen LogP contribution in [0.25, 0.3) is 0 Å². The highest BCUT2D eigenvalue weighted by Crippen LogP contribution is 2.24. The van der Waals surface area contributed by atoms with Gasteiger partial charge in [0.05, 0.1) is 12.6 Å². The van der Waals surface area contributed by atoms with E-state index in [0.717, 1.165) is 16.7 Å². The zero-order chi connectivity index (χ0) is 15.3. The molecule has 1 aromatic carbocycles. The van der Waals surface area contributed by atoms with Gasteiger partial charge >= 0.3 is 12.3 Å². The number of nitrogens with two attached hydrogens (primary N) is 1. The molecular weight excluding hydrogens is 276 g/mol. The summed E-state index contributed by atoms with van der Waals surface area (Å²) < 4.78 is 54.1. The van der Waals surface area contributed by atoms with E-state index in [0.29, 0.717) is 0 Å². The first kappa shape index (κ1) is 16.9. The summed E-state index contributed by atoms with van der Waals surface area (Å²) in [6.45, 7) is 2.16. The number of hydrazine groups is 1. The molecular formula is C13H18F4N2O. The highest BCUT2D eigenvalue weighted by atomic mass is 19.3. The van der Waals surface area contributed by atoms with Gasteiger partial charge in [-0.25, -0.2) is 8.78 Å². The van der Waals surface area contributed by atoms with Crippen molar-refractivity contribution < 1.29 is 22.3 Å². The standard InChI is InChI=1S/C13H18F4N2O/c1-8-3-4-9(2)10(5-8)11(19-18)6-20-7-13(16,17)12(14)15/h3-5,11-12,19H,6-7,18H2,1-2H3. The summed E-state index contributed by atoms with van der Waals surface area (Å²) in [6.07, 6.45) is -3.74. The first-order valence-electron chi connectivity index (χ1n) is 6.05. The molecule has 0 aliphatic carbocycles. The second kappa shape index (κ2) is 7.01. The van der Waals surface area contributed by atoms with Gasteiger partial charge in [0.25, 0.3) is 0 Å². The van der Waals surface area contributed by atoms with Crippen molar-refractivity contribution in [3.8, 4) is 0 Å². The second-order valence-electron chi connectivity index (χ2n) is 4.66. The largest absolute Gasteiger partial charge is 0.373 e. The first-order chi connectivity index (χ1) is 9.27. The number of halogens is 4. The molecule has 0 saturated heterocycles. The van der Waals surface area contributed by atoms with E-state index in [4.69, 9.17) is 5.84 Å². The smallest absolute Gasteiger partial charge is 0.330 e. The highest BCUT2D eigenvalue weighted by molar-refractivity contribution is 5.33. The molecule has 3 N–H and O–H groups in total. The maximum atomic E-state index is 12.7. The zero-order valence-electron chi connectivity index (χ0n) is 11.3. The van der Waals surface area contributed by atoms with Crippen LogP contribution >= 0.6 is 0 Å². The number of nitrogens with one attached hydrogen (secondary N) is 1. The number of alkyl halides is 4. The number of ether oxygens (including phenoxy) is 1. The molecule has 3 nitrogen and oxygen atoms in total. The summed E-state index contributed by atoms with van der Waals surface area (Å²) in [7, 11) is 0. The maximum absolute atomic E-state index is 12.7. The lowest BCUT2D eigenvalue weighted by molar-refractivity contribution is -0.167. The maximum Gasteiger partial charge on any atom is 0.330 e. The lowest BCUT2D eigenvalue weighted by Crippen LogP contribution is -2.36.